The zero-order valence-electron chi connectivity index (χ0n) is 9.18. The summed E-state index contributed by atoms with van der Waals surface area (Å²) >= 11 is 1.72. The first-order valence-corrected chi connectivity index (χ1v) is 6.14. The van der Waals surface area contributed by atoms with Gasteiger partial charge in [0.15, 0.2) is 6.10 Å². The van der Waals surface area contributed by atoms with Crippen molar-refractivity contribution in [1.82, 2.24) is 4.90 Å². The molecule has 1 aromatic rings. The van der Waals surface area contributed by atoms with Crippen molar-refractivity contribution in [1.29, 1.82) is 0 Å². The fourth-order valence-corrected chi connectivity index (χ4v) is 2.71. The summed E-state index contributed by atoms with van der Waals surface area (Å²) in [7, 11) is 0. The lowest BCUT2D eigenvalue weighted by Gasteiger charge is -2.30. The zero-order valence-corrected chi connectivity index (χ0v) is 10.00. The van der Waals surface area contributed by atoms with Gasteiger partial charge >= 0.3 is 5.97 Å². The van der Waals surface area contributed by atoms with Crippen LogP contribution < -0.4 is 0 Å². The van der Waals surface area contributed by atoms with Gasteiger partial charge in [-0.3, -0.25) is 4.90 Å². The molecule has 1 aromatic heterocycles. The predicted molar refractivity (Wildman–Crippen MR) is 61.7 cm³/mol. The van der Waals surface area contributed by atoms with Gasteiger partial charge in [0.25, 0.3) is 0 Å². The molecule has 0 spiro atoms. The van der Waals surface area contributed by atoms with E-state index in [1.165, 1.54) is 10.4 Å². The highest BCUT2D eigenvalue weighted by Gasteiger charge is 2.26. The van der Waals surface area contributed by atoms with Crippen molar-refractivity contribution in [2.45, 2.75) is 19.6 Å². The Morgan fingerprint density at radius 2 is 2.56 bits per heavy atom. The molecular formula is C11H15NO3S. The van der Waals surface area contributed by atoms with Crippen molar-refractivity contribution in [3.63, 3.8) is 0 Å². The summed E-state index contributed by atoms with van der Waals surface area (Å²) in [6.45, 7) is 4.70. The van der Waals surface area contributed by atoms with Gasteiger partial charge in [0.2, 0.25) is 0 Å². The highest BCUT2D eigenvalue weighted by molar-refractivity contribution is 7.10. The van der Waals surface area contributed by atoms with Gasteiger partial charge in [-0.15, -0.1) is 11.3 Å². The summed E-state index contributed by atoms with van der Waals surface area (Å²) in [5.74, 6) is -0.868. The number of morpholine rings is 1. The fraction of sp³-hybridized carbons (Fsp3) is 0.545. The first-order valence-electron chi connectivity index (χ1n) is 5.26. The third kappa shape index (κ3) is 2.61. The van der Waals surface area contributed by atoms with Crippen LogP contribution >= 0.6 is 11.3 Å². The van der Waals surface area contributed by atoms with Gasteiger partial charge in [-0.2, -0.15) is 0 Å². The number of carboxylic acid groups (broad SMARTS) is 1. The van der Waals surface area contributed by atoms with Crippen LogP contribution in [0.2, 0.25) is 0 Å². The number of hydrogen-bond acceptors (Lipinski definition) is 4. The summed E-state index contributed by atoms with van der Waals surface area (Å²) in [5.41, 5.74) is 1.28. The Morgan fingerprint density at radius 3 is 3.19 bits per heavy atom. The number of thiophene rings is 1. The Morgan fingerprint density at radius 1 is 1.75 bits per heavy atom. The molecule has 1 unspecified atom stereocenters. The summed E-state index contributed by atoms with van der Waals surface area (Å²) in [5, 5.41) is 11.0. The van der Waals surface area contributed by atoms with Gasteiger partial charge in [-0.1, -0.05) is 0 Å². The predicted octanol–water partition coefficient (Wildman–Crippen LogP) is 1.34. The molecule has 0 aromatic carbocycles. The lowest BCUT2D eigenvalue weighted by molar-refractivity contribution is -0.156. The van der Waals surface area contributed by atoms with E-state index in [-0.39, 0.29) is 0 Å². The number of rotatable bonds is 3. The molecule has 1 N–H and O–H groups in total. The quantitative estimate of drug-likeness (QED) is 0.867. The average Bonchev–Trinajstić information content (AvgIpc) is 2.65. The monoisotopic (exact) mass is 241 g/mol. The van der Waals surface area contributed by atoms with Crippen LogP contribution in [-0.4, -0.2) is 41.8 Å². The normalized spacial score (nSPS) is 22.2. The maximum absolute atomic E-state index is 10.8. The van der Waals surface area contributed by atoms with Crippen LogP contribution in [0.5, 0.6) is 0 Å². The van der Waals surface area contributed by atoms with E-state index in [1.807, 2.05) is 0 Å². The highest BCUT2D eigenvalue weighted by atomic mass is 32.1. The molecule has 88 valence electrons. The second-order valence-electron chi connectivity index (χ2n) is 3.96. The molecule has 1 aliphatic heterocycles. The van der Waals surface area contributed by atoms with E-state index in [0.29, 0.717) is 13.2 Å². The number of ether oxygens (including phenoxy) is 1. The fourth-order valence-electron chi connectivity index (χ4n) is 1.76. The third-order valence-electron chi connectivity index (χ3n) is 2.76. The molecule has 0 amide bonds. The smallest absolute Gasteiger partial charge is 0.334 e. The van der Waals surface area contributed by atoms with Crippen molar-refractivity contribution < 1.29 is 14.6 Å². The molecule has 0 bridgehead atoms. The molecule has 2 rings (SSSR count). The topological polar surface area (TPSA) is 49.8 Å². The van der Waals surface area contributed by atoms with Gasteiger partial charge in [0, 0.05) is 24.5 Å². The molecule has 1 saturated heterocycles. The van der Waals surface area contributed by atoms with Crippen LogP contribution in [-0.2, 0) is 16.1 Å². The van der Waals surface area contributed by atoms with Crippen LogP contribution in [0.15, 0.2) is 11.4 Å². The Kier molecular flexibility index (Phi) is 3.58. The second-order valence-corrected chi connectivity index (χ2v) is 4.96. The Bertz CT molecular complexity index is 377. The number of nitrogens with zero attached hydrogens (tertiary/aromatic N) is 1. The molecule has 5 heteroatoms. The molecule has 16 heavy (non-hydrogen) atoms. The first-order chi connectivity index (χ1) is 7.66. The molecule has 0 aliphatic carbocycles. The van der Waals surface area contributed by atoms with Gasteiger partial charge in [-0.25, -0.2) is 4.79 Å². The molecule has 2 heterocycles. The van der Waals surface area contributed by atoms with Crippen LogP contribution in [0.4, 0.5) is 0 Å². The average molecular weight is 241 g/mol. The molecular weight excluding hydrogens is 226 g/mol. The number of aryl methyl sites for hydroxylation is 1. The lowest BCUT2D eigenvalue weighted by Crippen LogP contribution is -2.45. The summed E-state index contributed by atoms with van der Waals surface area (Å²) in [4.78, 5) is 14.3. The van der Waals surface area contributed by atoms with Gasteiger partial charge < -0.3 is 9.84 Å². The molecule has 0 saturated carbocycles. The summed E-state index contributed by atoms with van der Waals surface area (Å²) < 4.78 is 5.18. The summed E-state index contributed by atoms with van der Waals surface area (Å²) in [6.07, 6.45) is -0.672. The Hall–Kier alpha value is -0.910. The number of carboxylic acids is 1. The molecule has 4 nitrogen and oxygen atoms in total. The van der Waals surface area contributed by atoms with Crippen LogP contribution in [0.25, 0.3) is 0 Å². The molecule has 1 fully saturated rings. The van der Waals surface area contributed by atoms with E-state index in [4.69, 9.17) is 9.84 Å². The van der Waals surface area contributed by atoms with E-state index >= 15 is 0 Å². The lowest BCUT2D eigenvalue weighted by atomic mass is 10.2. The van der Waals surface area contributed by atoms with Crippen LogP contribution in [0.3, 0.4) is 0 Å². The number of hydrogen-bond donors (Lipinski definition) is 1. The van der Waals surface area contributed by atoms with E-state index in [1.54, 1.807) is 11.3 Å². The van der Waals surface area contributed by atoms with Crippen molar-refractivity contribution in [3.05, 3.63) is 21.9 Å². The molecule has 1 atom stereocenters. The molecule has 0 radical (unpaired) electrons. The second kappa shape index (κ2) is 4.95. The van der Waals surface area contributed by atoms with Crippen molar-refractivity contribution in [2.75, 3.05) is 19.7 Å². The van der Waals surface area contributed by atoms with E-state index < -0.39 is 12.1 Å². The Balaban J connectivity index is 1.95. The van der Waals surface area contributed by atoms with Crippen molar-refractivity contribution >= 4 is 17.3 Å². The minimum atomic E-state index is -0.868. The van der Waals surface area contributed by atoms with E-state index in [0.717, 1.165) is 13.1 Å². The summed E-state index contributed by atoms with van der Waals surface area (Å²) in [6, 6.07) is 2.09. The van der Waals surface area contributed by atoms with E-state index in [9.17, 15) is 4.79 Å². The molecule has 1 aliphatic rings. The third-order valence-corrected chi connectivity index (χ3v) is 3.77. The number of carbonyl (C=O) groups is 1. The minimum Gasteiger partial charge on any atom is -0.479 e. The maximum Gasteiger partial charge on any atom is 0.334 e. The Labute approximate surface area is 98.4 Å². The highest BCUT2D eigenvalue weighted by Crippen LogP contribution is 2.19. The van der Waals surface area contributed by atoms with Gasteiger partial charge in [0.05, 0.1) is 6.61 Å². The van der Waals surface area contributed by atoms with Gasteiger partial charge in [0.1, 0.15) is 0 Å². The first kappa shape index (κ1) is 11.6. The van der Waals surface area contributed by atoms with Crippen molar-refractivity contribution in [2.24, 2.45) is 0 Å². The maximum atomic E-state index is 10.8. The van der Waals surface area contributed by atoms with Crippen LogP contribution in [0.1, 0.15) is 10.4 Å². The van der Waals surface area contributed by atoms with E-state index in [2.05, 4.69) is 23.3 Å². The SMILES string of the molecule is Cc1ccsc1CN1CCOC(C(=O)O)C1. The minimum absolute atomic E-state index is 0.479. The van der Waals surface area contributed by atoms with Crippen molar-refractivity contribution in [3.8, 4) is 0 Å². The van der Waals surface area contributed by atoms with Crippen LogP contribution in [0, 0.1) is 6.92 Å². The largest absolute Gasteiger partial charge is 0.479 e. The standard InChI is InChI=1S/C11H15NO3S/c1-8-2-5-16-10(8)7-12-3-4-15-9(6-12)11(13)14/h2,5,9H,3-4,6-7H2,1H3,(H,13,14). The zero-order chi connectivity index (χ0) is 11.5. The van der Waals surface area contributed by atoms with Gasteiger partial charge in [-0.05, 0) is 23.9 Å². The number of aliphatic carboxylic acids is 1.